The third-order valence-electron chi connectivity index (χ3n) is 10.0. The van der Waals surface area contributed by atoms with Crippen molar-refractivity contribution >= 4 is 29.5 Å². The fourth-order valence-electron chi connectivity index (χ4n) is 7.03. The normalized spacial score (nSPS) is 19.6. The molecule has 1 atom stereocenters. The van der Waals surface area contributed by atoms with Crippen LogP contribution in [0.2, 0.25) is 0 Å². The van der Waals surface area contributed by atoms with E-state index in [4.69, 9.17) is 19.4 Å². The van der Waals surface area contributed by atoms with Crippen molar-refractivity contribution in [1.29, 1.82) is 0 Å². The van der Waals surface area contributed by atoms with E-state index in [-0.39, 0.29) is 43.7 Å². The van der Waals surface area contributed by atoms with E-state index in [1.54, 1.807) is 29.1 Å². The molecule has 4 aromatic rings. The molecule has 3 aromatic heterocycles. The first kappa shape index (κ1) is 35.0. The second-order valence-electron chi connectivity index (χ2n) is 14.2. The van der Waals surface area contributed by atoms with Gasteiger partial charge in [0.05, 0.1) is 17.6 Å². The predicted octanol–water partition coefficient (Wildman–Crippen LogP) is 7.99. The molecule has 2 aliphatic heterocycles. The van der Waals surface area contributed by atoms with E-state index in [1.165, 1.54) is 0 Å². The number of anilines is 2. The van der Waals surface area contributed by atoms with Gasteiger partial charge in [0.15, 0.2) is 16.6 Å². The number of amides is 1. The monoisotopic (exact) mass is 721 g/mol. The molecule has 1 amide bonds. The third-order valence-corrected chi connectivity index (χ3v) is 10.8. The van der Waals surface area contributed by atoms with Gasteiger partial charge in [-0.2, -0.15) is 13.2 Å². The van der Waals surface area contributed by atoms with Crippen molar-refractivity contribution < 1.29 is 27.4 Å². The lowest BCUT2D eigenvalue weighted by Crippen LogP contribution is -2.40. The Hall–Kier alpha value is -4.46. The number of hydrogen-bond acceptors (Lipinski definition) is 9. The molecular formula is C37H42F3N7O3S. The molecule has 3 aliphatic rings. The van der Waals surface area contributed by atoms with Crippen LogP contribution < -0.4 is 24.4 Å². The fourth-order valence-corrected chi connectivity index (χ4v) is 7.70. The summed E-state index contributed by atoms with van der Waals surface area (Å²) in [6.07, 6.45) is 1.14. The number of hydrogen-bond donors (Lipinski definition) is 2. The van der Waals surface area contributed by atoms with E-state index in [0.717, 1.165) is 49.9 Å². The Balaban J connectivity index is 1.11. The minimum Gasteiger partial charge on any atom is -0.486 e. The van der Waals surface area contributed by atoms with Crippen molar-refractivity contribution in [3.05, 3.63) is 78.0 Å². The number of benzene rings is 1. The third kappa shape index (κ3) is 7.90. The van der Waals surface area contributed by atoms with Gasteiger partial charge >= 0.3 is 6.18 Å². The number of alkyl halides is 3. The van der Waals surface area contributed by atoms with Crippen LogP contribution in [0.3, 0.4) is 0 Å². The van der Waals surface area contributed by atoms with Gasteiger partial charge in [0.2, 0.25) is 5.88 Å². The molecule has 5 heterocycles. The van der Waals surface area contributed by atoms with Crippen LogP contribution in [0, 0.1) is 11.3 Å². The number of carbonyl (C=O) groups excluding carboxylic acids is 1. The summed E-state index contributed by atoms with van der Waals surface area (Å²) in [7, 11) is 0. The van der Waals surface area contributed by atoms with E-state index >= 15 is 0 Å². The van der Waals surface area contributed by atoms with Crippen molar-refractivity contribution in [1.82, 2.24) is 24.5 Å². The molecule has 14 heteroatoms. The molecule has 4 bridgehead atoms. The average Bonchev–Trinajstić information content (AvgIpc) is 3.67. The number of fused-ring (bicyclic) bond motifs is 6. The van der Waals surface area contributed by atoms with E-state index in [0.29, 0.717) is 52.2 Å². The van der Waals surface area contributed by atoms with Crippen LogP contribution in [-0.2, 0) is 6.61 Å². The van der Waals surface area contributed by atoms with E-state index in [9.17, 15) is 18.0 Å². The van der Waals surface area contributed by atoms with Crippen LogP contribution in [-0.4, -0.2) is 57.1 Å². The lowest BCUT2D eigenvalue weighted by atomic mass is 9.93. The minimum atomic E-state index is -4.17. The second kappa shape index (κ2) is 14.3. The van der Waals surface area contributed by atoms with Gasteiger partial charge in [-0.15, -0.1) is 5.10 Å². The summed E-state index contributed by atoms with van der Waals surface area (Å²) in [5, 5.41) is 8.47. The topological polar surface area (TPSA) is 106 Å². The summed E-state index contributed by atoms with van der Waals surface area (Å²) < 4.78 is 56.3. The summed E-state index contributed by atoms with van der Waals surface area (Å²) >= 11 is 1.10. The molecule has 0 unspecified atom stereocenters. The van der Waals surface area contributed by atoms with Gasteiger partial charge in [-0.3, -0.25) is 9.52 Å². The van der Waals surface area contributed by atoms with Crippen LogP contribution in [0.25, 0.3) is 5.82 Å². The highest BCUT2D eigenvalue weighted by Gasteiger charge is 2.62. The Morgan fingerprint density at radius 3 is 2.63 bits per heavy atom. The summed E-state index contributed by atoms with van der Waals surface area (Å²) in [6, 6.07) is 18.8. The lowest BCUT2D eigenvalue weighted by Gasteiger charge is -2.34. The smallest absolute Gasteiger partial charge is 0.394 e. The first-order valence-corrected chi connectivity index (χ1v) is 18.2. The molecule has 2 fully saturated rings. The Morgan fingerprint density at radius 2 is 1.84 bits per heavy atom. The molecule has 0 spiro atoms. The van der Waals surface area contributed by atoms with Gasteiger partial charge in [0, 0.05) is 42.8 Å². The van der Waals surface area contributed by atoms with E-state index < -0.39 is 11.6 Å². The number of nitrogens with one attached hydrogen (secondary N) is 2. The number of ether oxygens (including phenoxy) is 2. The molecular weight excluding hydrogens is 680 g/mol. The van der Waals surface area contributed by atoms with Gasteiger partial charge in [-0.1, -0.05) is 30.3 Å². The summed E-state index contributed by atoms with van der Waals surface area (Å²) in [6.45, 7) is 6.35. The van der Waals surface area contributed by atoms with Gasteiger partial charge in [0.25, 0.3) is 5.91 Å². The summed E-state index contributed by atoms with van der Waals surface area (Å²) in [5.41, 5.74) is -0.375. The molecule has 7 rings (SSSR count). The Bertz CT molecular complexity index is 1850. The second-order valence-corrected chi connectivity index (χ2v) is 15.0. The number of nitrogens with zero attached hydrogens (tertiary/aromatic N) is 5. The maximum absolute atomic E-state index is 14.0. The highest BCUT2D eigenvalue weighted by Crippen LogP contribution is 2.60. The van der Waals surface area contributed by atoms with Gasteiger partial charge in [-0.05, 0) is 94.5 Å². The number of carbonyl (C=O) groups is 1. The van der Waals surface area contributed by atoms with E-state index in [2.05, 4.69) is 33.9 Å². The Kier molecular flexibility index (Phi) is 9.79. The first-order chi connectivity index (χ1) is 24.5. The van der Waals surface area contributed by atoms with Crippen LogP contribution >= 0.6 is 11.9 Å². The van der Waals surface area contributed by atoms with Crippen molar-refractivity contribution in [2.24, 2.45) is 11.3 Å². The van der Waals surface area contributed by atoms with Gasteiger partial charge < -0.3 is 19.7 Å². The molecule has 1 saturated carbocycles. The lowest BCUT2D eigenvalue weighted by molar-refractivity contribution is -0.189. The number of aromatic nitrogens is 4. The highest BCUT2D eigenvalue weighted by molar-refractivity contribution is 7.98. The van der Waals surface area contributed by atoms with Crippen molar-refractivity contribution in [2.45, 2.75) is 82.1 Å². The van der Waals surface area contributed by atoms with Crippen LogP contribution in [0.5, 0.6) is 11.6 Å². The summed E-state index contributed by atoms with van der Waals surface area (Å²) in [4.78, 5) is 26.0. The average molecular weight is 722 g/mol. The minimum absolute atomic E-state index is 0.0522. The van der Waals surface area contributed by atoms with Crippen LogP contribution in [0.1, 0.15) is 74.7 Å². The largest absolute Gasteiger partial charge is 0.486 e. The van der Waals surface area contributed by atoms with Crippen LogP contribution in [0.4, 0.5) is 24.8 Å². The molecule has 2 N–H and O–H groups in total. The zero-order valence-electron chi connectivity index (χ0n) is 28.7. The van der Waals surface area contributed by atoms with Crippen molar-refractivity contribution in [3.63, 3.8) is 0 Å². The quantitative estimate of drug-likeness (QED) is 0.131. The molecule has 270 valence electrons. The fraction of sp³-hybridized carbons (Fsp3) is 0.459. The van der Waals surface area contributed by atoms with E-state index in [1.807, 2.05) is 42.5 Å². The number of rotatable bonds is 9. The Morgan fingerprint density at radius 1 is 1.02 bits per heavy atom. The molecule has 1 aliphatic carbocycles. The van der Waals surface area contributed by atoms with Gasteiger partial charge in [-0.25, -0.2) is 14.6 Å². The number of halogens is 3. The molecule has 10 nitrogen and oxygen atoms in total. The zero-order valence-corrected chi connectivity index (χ0v) is 29.5. The SMILES string of the molecule is CC1(C)C[C@@H]2CCCNc3ccc(OCc4ccccc4)c(n3)SNC(=O)c3ccc(-n4ccc(OCCCC5(C(F)(F)F)CC5)n4)nc3N1C2. The standard InChI is InChI=1S/C37H42F3N7O3S/c1-35(2)22-26-10-6-19-41-29-13-12-28(50-24-25-8-4-3-5-9-25)34(42-29)51-45-33(48)27-11-14-30(43-32(27)46(35)23-26)47-20-15-31(44-47)49-21-7-16-36(17-18-36)37(38,39)40/h3-5,8-9,11-15,20,26H,6-7,10,16-19,21-24H2,1-2H3,(H,41,42)(H,45,48)/t26-/m0/s1. The zero-order chi connectivity index (χ0) is 35.6. The maximum Gasteiger partial charge on any atom is 0.394 e. The predicted molar refractivity (Wildman–Crippen MR) is 189 cm³/mol. The number of pyridine rings is 2. The van der Waals surface area contributed by atoms with Crippen molar-refractivity contribution in [3.8, 4) is 17.4 Å². The molecule has 1 aromatic carbocycles. The molecule has 0 radical (unpaired) electrons. The van der Waals surface area contributed by atoms with Crippen molar-refractivity contribution in [2.75, 3.05) is 29.9 Å². The van der Waals surface area contributed by atoms with Gasteiger partial charge in [0.1, 0.15) is 18.2 Å². The Labute approximate surface area is 299 Å². The summed E-state index contributed by atoms with van der Waals surface area (Å²) in [5.74, 6) is 2.68. The molecule has 51 heavy (non-hydrogen) atoms. The maximum atomic E-state index is 14.0. The van der Waals surface area contributed by atoms with Crippen LogP contribution in [0.15, 0.2) is 71.9 Å². The molecule has 1 saturated heterocycles. The highest BCUT2D eigenvalue weighted by atomic mass is 32.2. The first-order valence-electron chi connectivity index (χ1n) is 17.4.